The molecule has 0 heterocycles. The first-order valence-corrected chi connectivity index (χ1v) is 7.68. The quantitative estimate of drug-likeness (QED) is 0.891. The Hall–Kier alpha value is -1.13. The summed E-state index contributed by atoms with van der Waals surface area (Å²) in [5.74, 6) is -0.0266. The van der Waals surface area contributed by atoms with Gasteiger partial charge in [0.15, 0.2) is 0 Å². The molecule has 18 heavy (non-hydrogen) atoms. The second kappa shape index (κ2) is 6.71. The Labute approximate surface area is 110 Å². The zero-order valence-corrected chi connectivity index (χ0v) is 11.9. The fraction of sp³-hybridized carbons (Fsp3) is 0.429. The first-order chi connectivity index (χ1) is 8.53. The van der Waals surface area contributed by atoms with Gasteiger partial charge in [0.05, 0.1) is 20.7 Å². The molecule has 0 aromatic heterocycles. The van der Waals surface area contributed by atoms with Crippen LogP contribution in [-0.4, -0.2) is 22.5 Å². The highest BCUT2D eigenvalue weighted by Gasteiger charge is 2.11. The van der Waals surface area contributed by atoms with Gasteiger partial charge in [-0.25, -0.2) is 8.57 Å². The van der Waals surface area contributed by atoms with Gasteiger partial charge in [0.25, 0.3) is 0 Å². The molecular formula is C14H21NO2S. The van der Waals surface area contributed by atoms with Crippen LogP contribution in [0.15, 0.2) is 51.1 Å². The number of nitrogens with zero attached hydrogens (tertiary/aromatic N) is 1. The van der Waals surface area contributed by atoms with Gasteiger partial charge in [-0.3, -0.25) is 0 Å². The van der Waals surface area contributed by atoms with E-state index in [1.807, 2.05) is 32.0 Å². The summed E-state index contributed by atoms with van der Waals surface area (Å²) in [7, 11) is -0.953. The van der Waals surface area contributed by atoms with Crippen molar-refractivity contribution in [1.29, 1.82) is 0 Å². The molecule has 3 nitrogen and oxygen atoms in total. The highest BCUT2D eigenvalue weighted by molar-refractivity contribution is 7.96. The molecule has 3 atom stereocenters. The molecule has 0 aliphatic carbocycles. The largest absolute Gasteiger partial charge is 0.393 e. The van der Waals surface area contributed by atoms with Crippen molar-refractivity contribution in [2.24, 2.45) is 10.3 Å². The number of aliphatic hydroxyl groups excluding tert-OH is 1. The van der Waals surface area contributed by atoms with E-state index in [4.69, 9.17) is 0 Å². The van der Waals surface area contributed by atoms with Gasteiger partial charge >= 0.3 is 0 Å². The maximum Gasteiger partial charge on any atom is 0.0963 e. The van der Waals surface area contributed by atoms with Crippen LogP contribution in [0.5, 0.6) is 0 Å². The fourth-order valence-electron chi connectivity index (χ4n) is 1.59. The van der Waals surface area contributed by atoms with Gasteiger partial charge in [0, 0.05) is 18.4 Å². The first kappa shape index (κ1) is 14.9. The van der Waals surface area contributed by atoms with Crippen molar-refractivity contribution in [2.75, 3.05) is 7.05 Å². The average molecular weight is 267 g/mol. The van der Waals surface area contributed by atoms with Crippen molar-refractivity contribution in [3.05, 3.63) is 41.8 Å². The molecule has 4 heteroatoms. The van der Waals surface area contributed by atoms with E-state index in [0.29, 0.717) is 11.3 Å². The van der Waals surface area contributed by atoms with E-state index in [-0.39, 0.29) is 5.92 Å². The predicted molar refractivity (Wildman–Crippen MR) is 75.8 cm³/mol. The maximum absolute atomic E-state index is 12.6. The monoisotopic (exact) mass is 267 g/mol. The lowest BCUT2D eigenvalue weighted by Gasteiger charge is -2.13. The van der Waals surface area contributed by atoms with Crippen LogP contribution >= 0.6 is 0 Å². The molecule has 0 saturated carbocycles. The normalized spacial score (nSPS) is 18.2. The van der Waals surface area contributed by atoms with Crippen LogP contribution in [0.4, 0.5) is 0 Å². The minimum atomic E-state index is -2.51. The van der Waals surface area contributed by atoms with Crippen molar-refractivity contribution in [2.45, 2.75) is 31.3 Å². The molecule has 0 aliphatic heterocycles. The zero-order valence-electron chi connectivity index (χ0n) is 11.1. The molecule has 1 N–H and O–H groups in total. The maximum atomic E-state index is 12.6. The summed E-state index contributed by atoms with van der Waals surface area (Å²) in [6.45, 7) is 3.83. The Balaban J connectivity index is 3.00. The Morgan fingerprint density at radius 1 is 1.39 bits per heavy atom. The molecule has 1 aromatic carbocycles. The molecule has 0 fully saturated rings. The third-order valence-corrected chi connectivity index (χ3v) is 4.96. The van der Waals surface area contributed by atoms with E-state index < -0.39 is 15.8 Å². The fourth-order valence-corrected chi connectivity index (χ4v) is 3.09. The highest BCUT2D eigenvalue weighted by Crippen LogP contribution is 2.17. The van der Waals surface area contributed by atoms with Gasteiger partial charge in [-0.2, -0.15) is 0 Å². The van der Waals surface area contributed by atoms with Gasteiger partial charge in [0.2, 0.25) is 0 Å². The first-order valence-electron chi connectivity index (χ1n) is 6.10. The number of hydrogen-bond donors (Lipinski definition) is 1. The predicted octanol–water partition coefficient (Wildman–Crippen LogP) is 3.06. The lowest BCUT2D eigenvalue weighted by Crippen LogP contribution is -2.14. The van der Waals surface area contributed by atoms with Crippen LogP contribution in [0.3, 0.4) is 0 Å². The van der Waals surface area contributed by atoms with E-state index in [1.54, 1.807) is 30.7 Å². The average Bonchev–Trinajstić information content (AvgIpc) is 2.44. The van der Waals surface area contributed by atoms with Crippen molar-refractivity contribution in [1.82, 2.24) is 0 Å². The summed E-state index contributed by atoms with van der Waals surface area (Å²) >= 11 is 0. The molecule has 0 radical (unpaired) electrons. The van der Waals surface area contributed by atoms with Crippen LogP contribution < -0.4 is 0 Å². The molecule has 0 spiro atoms. The molecular weight excluding hydrogens is 246 g/mol. The van der Waals surface area contributed by atoms with E-state index in [2.05, 4.69) is 4.36 Å². The Bertz CT molecular complexity index is 502. The number of benzene rings is 1. The molecule has 0 amide bonds. The smallest absolute Gasteiger partial charge is 0.0963 e. The van der Waals surface area contributed by atoms with Crippen molar-refractivity contribution >= 4 is 9.73 Å². The van der Waals surface area contributed by atoms with E-state index in [1.165, 1.54) is 0 Å². The Kier molecular flexibility index (Phi) is 5.56. The van der Waals surface area contributed by atoms with Gasteiger partial charge < -0.3 is 5.11 Å². The van der Waals surface area contributed by atoms with Gasteiger partial charge in [-0.15, -0.1) is 0 Å². The molecule has 1 unspecified atom stereocenters. The van der Waals surface area contributed by atoms with Gasteiger partial charge in [0.1, 0.15) is 0 Å². The number of rotatable bonds is 5. The van der Waals surface area contributed by atoms with E-state index >= 15 is 0 Å². The molecule has 1 rings (SSSR count). The molecule has 1 aromatic rings. The molecule has 0 saturated heterocycles. The van der Waals surface area contributed by atoms with Crippen LogP contribution in [-0.2, 0) is 9.73 Å². The minimum Gasteiger partial charge on any atom is -0.393 e. The van der Waals surface area contributed by atoms with Crippen LogP contribution in [0.25, 0.3) is 0 Å². The third-order valence-electron chi connectivity index (χ3n) is 2.94. The summed E-state index contributed by atoms with van der Waals surface area (Å²) in [5.41, 5.74) is 0. The Morgan fingerprint density at radius 3 is 2.50 bits per heavy atom. The van der Waals surface area contributed by atoms with Gasteiger partial charge in [-0.1, -0.05) is 38.1 Å². The van der Waals surface area contributed by atoms with Crippen molar-refractivity contribution in [3.8, 4) is 0 Å². The molecule has 0 aliphatic rings. The van der Waals surface area contributed by atoms with Crippen LogP contribution in [0, 0.1) is 5.92 Å². The lowest BCUT2D eigenvalue weighted by atomic mass is 10.0. The second-order valence-electron chi connectivity index (χ2n) is 4.23. The standard InChI is InChI=1S/C14H21NO2S/c1-4-14(16)12(2)10-11-18(17,15-3)13-8-6-5-7-9-13/h5-12,14,16H,4H2,1-3H3/b11-10+/t12-,14+,18?/m1/s1. The topological polar surface area (TPSA) is 49.7 Å². The molecule has 0 bridgehead atoms. The van der Waals surface area contributed by atoms with E-state index in [0.717, 1.165) is 0 Å². The SMILES string of the molecule is CC[C@H](O)[C@H](C)/C=C/S(=O)(=NC)c1ccccc1. The van der Waals surface area contributed by atoms with E-state index in [9.17, 15) is 9.32 Å². The van der Waals surface area contributed by atoms with Gasteiger partial charge in [-0.05, 0) is 18.6 Å². The zero-order chi connectivity index (χ0) is 13.6. The van der Waals surface area contributed by atoms with Crippen molar-refractivity contribution < 1.29 is 9.32 Å². The van der Waals surface area contributed by atoms with Crippen LogP contribution in [0.2, 0.25) is 0 Å². The highest BCUT2D eigenvalue weighted by atomic mass is 32.2. The Morgan fingerprint density at radius 2 is 2.00 bits per heavy atom. The minimum absolute atomic E-state index is 0.0266. The lowest BCUT2D eigenvalue weighted by molar-refractivity contribution is 0.134. The number of hydrogen-bond acceptors (Lipinski definition) is 3. The summed E-state index contributed by atoms with van der Waals surface area (Å²) in [6, 6.07) is 9.18. The summed E-state index contributed by atoms with van der Waals surface area (Å²) in [5, 5.41) is 11.3. The summed E-state index contributed by atoms with van der Waals surface area (Å²) in [4.78, 5) is 0.696. The van der Waals surface area contributed by atoms with Crippen molar-refractivity contribution in [3.63, 3.8) is 0 Å². The van der Waals surface area contributed by atoms with Crippen LogP contribution in [0.1, 0.15) is 20.3 Å². The summed E-state index contributed by atoms with van der Waals surface area (Å²) < 4.78 is 16.6. The number of aliphatic hydroxyl groups is 1. The second-order valence-corrected chi connectivity index (χ2v) is 6.47. The summed E-state index contributed by atoms with van der Waals surface area (Å²) in [6.07, 6.45) is 2.06. The third kappa shape index (κ3) is 3.68. The molecule has 100 valence electrons.